The molecule has 1 aliphatic carbocycles. The van der Waals surface area contributed by atoms with E-state index in [4.69, 9.17) is 16.3 Å². The highest BCUT2D eigenvalue weighted by Gasteiger charge is 2.40. The number of amides is 2. The summed E-state index contributed by atoms with van der Waals surface area (Å²) in [6.07, 6.45) is 4.51. The molecule has 2 amide bonds. The molecule has 0 spiro atoms. The Hall–Kier alpha value is -3.35. The van der Waals surface area contributed by atoms with Gasteiger partial charge in [0.15, 0.2) is 0 Å². The van der Waals surface area contributed by atoms with Gasteiger partial charge in [0.25, 0.3) is 5.91 Å². The number of likely N-dealkylation sites (tertiary alicyclic amines) is 1. The van der Waals surface area contributed by atoms with E-state index in [2.05, 4.69) is 42.2 Å². The smallest absolute Gasteiger partial charge is 0.410 e. The van der Waals surface area contributed by atoms with E-state index < -0.39 is 0 Å². The summed E-state index contributed by atoms with van der Waals surface area (Å²) in [4.78, 5) is 32.9. The maximum absolute atomic E-state index is 13.3. The third-order valence-electron chi connectivity index (χ3n) is 9.25. The van der Waals surface area contributed by atoms with Crippen LogP contribution in [-0.4, -0.2) is 72.0 Å². The summed E-state index contributed by atoms with van der Waals surface area (Å²) >= 11 is 5.99. The molecule has 0 aromatic heterocycles. The molecule has 0 radical (unpaired) electrons. The number of carbonyl (C=O) groups excluding carboxylic acids is 2. The molecule has 7 heteroatoms. The number of ether oxygens (including phenoxy) is 1. The zero-order valence-corrected chi connectivity index (χ0v) is 26.2. The van der Waals surface area contributed by atoms with Crippen LogP contribution < -0.4 is 0 Å². The molecule has 1 saturated carbocycles. The molecule has 1 saturated heterocycles. The highest BCUT2D eigenvalue weighted by Crippen LogP contribution is 2.42. The van der Waals surface area contributed by atoms with Gasteiger partial charge in [-0.05, 0) is 79.3 Å². The molecule has 3 aromatic carbocycles. The normalized spacial score (nSPS) is 21.0. The maximum atomic E-state index is 13.3. The van der Waals surface area contributed by atoms with Crippen molar-refractivity contribution < 1.29 is 14.3 Å². The minimum atomic E-state index is -0.232. The average Bonchev–Trinajstić information content (AvgIpc) is 3.47. The Morgan fingerprint density at radius 1 is 0.884 bits per heavy atom. The van der Waals surface area contributed by atoms with Crippen LogP contribution in [0.15, 0.2) is 84.9 Å². The van der Waals surface area contributed by atoms with Crippen LogP contribution in [0.1, 0.15) is 66.4 Å². The van der Waals surface area contributed by atoms with Crippen molar-refractivity contribution in [1.82, 2.24) is 14.7 Å². The number of hydrogen-bond donors (Lipinski definition) is 0. The second kappa shape index (κ2) is 14.9. The highest BCUT2D eigenvalue weighted by atomic mass is 35.5. The average molecular weight is 602 g/mol. The summed E-state index contributed by atoms with van der Waals surface area (Å²) in [5.74, 6) is 0.971. The molecule has 3 aromatic rings. The molecule has 1 aliphatic heterocycles. The van der Waals surface area contributed by atoms with Crippen molar-refractivity contribution in [2.75, 3.05) is 33.2 Å². The van der Waals surface area contributed by atoms with Crippen LogP contribution in [0.4, 0.5) is 4.79 Å². The number of rotatable bonds is 10. The van der Waals surface area contributed by atoms with Crippen LogP contribution in [0.5, 0.6) is 0 Å². The zero-order valence-electron chi connectivity index (χ0n) is 25.4. The molecule has 2 aliphatic rings. The van der Waals surface area contributed by atoms with Gasteiger partial charge in [-0.2, -0.15) is 0 Å². The lowest BCUT2D eigenvalue weighted by molar-refractivity contribution is 0.0572. The van der Waals surface area contributed by atoms with Crippen LogP contribution in [0.25, 0.3) is 0 Å². The molecule has 0 N–H and O–H groups in total. The Morgan fingerprint density at radius 2 is 1.53 bits per heavy atom. The molecule has 6 nitrogen and oxygen atoms in total. The van der Waals surface area contributed by atoms with E-state index >= 15 is 0 Å². The third-order valence-corrected chi connectivity index (χ3v) is 9.50. The van der Waals surface area contributed by atoms with Crippen LogP contribution in [0, 0.1) is 5.92 Å². The first-order chi connectivity index (χ1) is 20.9. The van der Waals surface area contributed by atoms with Gasteiger partial charge in [-0.25, -0.2) is 4.79 Å². The second-order valence-corrected chi connectivity index (χ2v) is 12.5. The Bertz CT molecular complexity index is 1310. The zero-order chi connectivity index (χ0) is 30.2. The maximum Gasteiger partial charge on any atom is 0.410 e. The molecule has 2 fully saturated rings. The van der Waals surface area contributed by atoms with Crippen LogP contribution >= 0.6 is 11.6 Å². The molecule has 43 heavy (non-hydrogen) atoms. The van der Waals surface area contributed by atoms with Crippen molar-refractivity contribution in [3.05, 3.63) is 107 Å². The topological polar surface area (TPSA) is 53.1 Å². The predicted octanol–water partition coefficient (Wildman–Crippen LogP) is 7.49. The van der Waals surface area contributed by atoms with Crippen molar-refractivity contribution in [1.29, 1.82) is 0 Å². The van der Waals surface area contributed by atoms with Crippen molar-refractivity contribution >= 4 is 23.6 Å². The summed E-state index contributed by atoms with van der Waals surface area (Å²) in [5, 5.41) is 0.672. The number of hydrogen-bond acceptors (Lipinski definition) is 4. The minimum absolute atomic E-state index is 0.0952. The number of benzene rings is 3. The van der Waals surface area contributed by atoms with Gasteiger partial charge in [0.1, 0.15) is 6.61 Å². The van der Waals surface area contributed by atoms with Gasteiger partial charge in [-0.15, -0.1) is 0 Å². The molecule has 1 heterocycles. The number of halogens is 1. The summed E-state index contributed by atoms with van der Waals surface area (Å²) in [7, 11) is 1.96. The van der Waals surface area contributed by atoms with E-state index in [-0.39, 0.29) is 30.7 Å². The van der Waals surface area contributed by atoms with Gasteiger partial charge in [-0.3, -0.25) is 4.79 Å². The van der Waals surface area contributed by atoms with Gasteiger partial charge in [-0.1, -0.05) is 79.2 Å². The Morgan fingerprint density at radius 3 is 2.19 bits per heavy atom. The van der Waals surface area contributed by atoms with E-state index in [9.17, 15) is 9.59 Å². The number of nitrogens with zero attached hydrogens (tertiary/aromatic N) is 3. The fourth-order valence-electron chi connectivity index (χ4n) is 6.89. The Balaban J connectivity index is 1.19. The van der Waals surface area contributed by atoms with Gasteiger partial charge in [0.2, 0.25) is 0 Å². The van der Waals surface area contributed by atoms with Gasteiger partial charge >= 0.3 is 6.09 Å². The molecule has 5 rings (SSSR count). The highest BCUT2D eigenvalue weighted by molar-refractivity contribution is 6.30. The van der Waals surface area contributed by atoms with Gasteiger partial charge < -0.3 is 19.4 Å². The summed E-state index contributed by atoms with van der Waals surface area (Å²) in [6.45, 7) is 5.97. The molecule has 3 atom stereocenters. The first-order valence-corrected chi connectivity index (χ1v) is 16.1. The number of piperidine rings is 1. The van der Waals surface area contributed by atoms with Crippen molar-refractivity contribution in [3.63, 3.8) is 0 Å². The van der Waals surface area contributed by atoms with E-state index in [1.165, 1.54) is 5.56 Å². The third kappa shape index (κ3) is 7.98. The first kappa shape index (κ1) is 31.1. The van der Waals surface area contributed by atoms with Crippen LogP contribution in [0.2, 0.25) is 5.02 Å². The van der Waals surface area contributed by atoms with E-state index in [0.717, 1.165) is 62.9 Å². The van der Waals surface area contributed by atoms with Crippen molar-refractivity contribution in [2.45, 2.75) is 63.6 Å². The minimum Gasteiger partial charge on any atom is -0.445 e. The fourth-order valence-corrected chi connectivity index (χ4v) is 7.02. The molecule has 1 unspecified atom stereocenters. The predicted molar refractivity (Wildman–Crippen MR) is 172 cm³/mol. The van der Waals surface area contributed by atoms with E-state index in [1.807, 2.05) is 71.4 Å². The summed E-state index contributed by atoms with van der Waals surface area (Å²) in [5.41, 5.74) is 3.04. The lowest BCUT2D eigenvalue weighted by atomic mass is 9.88. The fraction of sp³-hybridized carbons (Fsp3) is 0.444. The largest absolute Gasteiger partial charge is 0.445 e. The van der Waals surface area contributed by atoms with Gasteiger partial charge in [0.05, 0.1) is 0 Å². The van der Waals surface area contributed by atoms with Crippen molar-refractivity contribution in [2.24, 2.45) is 5.92 Å². The SMILES string of the molecule is CCCN(C(=O)OCc1ccc(Cl)cc1)C1CCN(C[C@H]2CC(N(C)C(=O)c3ccccc3)C[C@@H]2c2ccccc2)CC1. The lowest BCUT2D eigenvalue weighted by Gasteiger charge is -2.39. The summed E-state index contributed by atoms with van der Waals surface area (Å²) < 4.78 is 5.72. The summed E-state index contributed by atoms with van der Waals surface area (Å²) in [6, 6.07) is 28.2. The van der Waals surface area contributed by atoms with Crippen molar-refractivity contribution in [3.8, 4) is 0 Å². The van der Waals surface area contributed by atoms with E-state index in [1.54, 1.807) is 0 Å². The molecule has 228 valence electrons. The second-order valence-electron chi connectivity index (χ2n) is 12.1. The lowest BCUT2D eigenvalue weighted by Crippen LogP contribution is -2.48. The Kier molecular flexibility index (Phi) is 10.8. The van der Waals surface area contributed by atoms with Gasteiger partial charge in [0, 0.05) is 55.9 Å². The van der Waals surface area contributed by atoms with Crippen LogP contribution in [0.3, 0.4) is 0 Å². The molecular weight excluding hydrogens is 558 g/mol. The number of carbonyl (C=O) groups is 2. The molecule has 0 bridgehead atoms. The first-order valence-electron chi connectivity index (χ1n) is 15.7. The monoisotopic (exact) mass is 601 g/mol. The Labute approximate surface area is 261 Å². The van der Waals surface area contributed by atoms with E-state index in [0.29, 0.717) is 23.4 Å². The molecular formula is C36H44ClN3O3. The quantitative estimate of drug-likeness (QED) is 0.242. The van der Waals surface area contributed by atoms with Crippen LogP contribution in [-0.2, 0) is 11.3 Å². The standard InChI is InChI=1S/C36H44ClN3O3/c1-3-20-40(36(42)43-26-27-14-16-31(37)17-15-27)32-18-21-39(22-19-32)25-30-23-33(24-34(30)28-10-6-4-7-11-28)38(2)35(41)29-12-8-5-9-13-29/h4-17,30,32-34H,3,18-26H2,1-2H3/t30-,33?,34-/m1/s1.